The van der Waals surface area contributed by atoms with Crippen LogP contribution in [-0.4, -0.2) is 41.3 Å². The van der Waals surface area contributed by atoms with E-state index in [1.165, 1.54) is 41.7 Å². The Morgan fingerprint density at radius 1 is 1.05 bits per heavy atom. The lowest BCUT2D eigenvalue weighted by Crippen LogP contribution is -2.36. The van der Waals surface area contributed by atoms with Crippen LogP contribution in [0.15, 0.2) is 47.7 Å². The topological polar surface area (TPSA) is 46.3 Å². The molecule has 5 nitrogen and oxygen atoms in total. The maximum atomic E-state index is 12.7. The molecule has 1 N–H and O–H groups in total. The Balaban J connectivity index is 1.41. The van der Waals surface area contributed by atoms with Crippen LogP contribution in [0.25, 0.3) is 12.2 Å². The van der Waals surface area contributed by atoms with Gasteiger partial charge >= 0.3 is 7.55 Å². The van der Waals surface area contributed by atoms with Gasteiger partial charge in [0.1, 0.15) is 5.75 Å². The van der Waals surface area contributed by atoms with Crippen LogP contribution < -0.4 is 10.1 Å². The fraction of sp³-hybridized carbons (Fsp3) is 0.500. The molecule has 2 aromatic rings. The number of allylic oxidation sites excluding steroid dienone is 3. The first kappa shape index (κ1) is 30.2. The summed E-state index contributed by atoms with van der Waals surface area (Å²) in [7, 11) is 3.95. The van der Waals surface area contributed by atoms with Gasteiger partial charge in [-0.2, -0.15) is 0 Å². The van der Waals surface area contributed by atoms with Crippen molar-refractivity contribution in [3.05, 3.63) is 75.8 Å². The highest BCUT2D eigenvalue weighted by Gasteiger charge is 2.35. The highest BCUT2D eigenvalue weighted by molar-refractivity contribution is 6.29. The molecule has 2 aliphatic heterocycles. The van der Waals surface area contributed by atoms with Crippen LogP contribution in [0.3, 0.4) is 0 Å². The number of nitrogens with one attached hydrogen (secondary N) is 1. The van der Waals surface area contributed by atoms with E-state index in [9.17, 15) is 4.79 Å². The predicted molar refractivity (Wildman–Crippen MR) is 175 cm³/mol. The third-order valence-corrected chi connectivity index (χ3v) is 8.86. The minimum atomic E-state index is -0.0444. The van der Waals surface area contributed by atoms with Gasteiger partial charge in [0.15, 0.2) is 11.4 Å². The average molecular weight is 566 g/mol. The smallest absolute Gasteiger partial charge is 0.496 e. The number of aromatic nitrogens is 1. The number of amides is 1. The second kappa shape index (κ2) is 11.8. The summed E-state index contributed by atoms with van der Waals surface area (Å²) in [5, 5.41) is 3.27. The summed E-state index contributed by atoms with van der Waals surface area (Å²) < 4.78 is 10.5. The van der Waals surface area contributed by atoms with Crippen molar-refractivity contribution in [2.24, 2.45) is 0 Å². The molecule has 1 radical (unpaired) electrons. The van der Waals surface area contributed by atoms with Gasteiger partial charge in [-0.1, -0.05) is 66.9 Å². The van der Waals surface area contributed by atoms with Crippen molar-refractivity contribution in [3.63, 3.8) is 0 Å². The number of nitrogens with zero attached hydrogens (tertiary/aromatic N) is 2. The van der Waals surface area contributed by atoms with Gasteiger partial charge in [-0.15, -0.1) is 0 Å². The van der Waals surface area contributed by atoms with Crippen molar-refractivity contribution >= 4 is 31.3 Å². The zero-order valence-corrected chi connectivity index (χ0v) is 26.9. The predicted octanol–water partition coefficient (Wildman–Crippen LogP) is 7.34. The maximum absolute atomic E-state index is 12.7. The van der Waals surface area contributed by atoms with E-state index < -0.39 is 0 Å². The van der Waals surface area contributed by atoms with Crippen LogP contribution in [0, 0.1) is 0 Å². The van der Waals surface area contributed by atoms with Gasteiger partial charge in [-0.3, -0.25) is 9.28 Å². The Morgan fingerprint density at radius 3 is 2.45 bits per heavy atom. The molecule has 5 rings (SSSR count). The monoisotopic (exact) mass is 565 g/mol. The molecule has 1 amide bonds. The second-order valence-corrected chi connectivity index (χ2v) is 14.3. The van der Waals surface area contributed by atoms with Crippen molar-refractivity contribution in [3.8, 4) is 5.75 Å². The fourth-order valence-corrected chi connectivity index (χ4v) is 6.32. The Kier molecular flexibility index (Phi) is 8.47. The number of rotatable bonds is 7. The molecule has 0 saturated heterocycles. The number of carbonyl (C=O) groups is 1. The van der Waals surface area contributed by atoms with Crippen LogP contribution in [0.5, 0.6) is 5.75 Å². The lowest BCUT2D eigenvalue weighted by Gasteiger charge is -2.28. The Labute approximate surface area is 253 Å². The van der Waals surface area contributed by atoms with E-state index in [1.807, 2.05) is 0 Å². The Hall–Kier alpha value is -3.28. The zero-order chi connectivity index (χ0) is 30.2. The average Bonchev–Trinajstić information content (AvgIpc) is 3.48. The van der Waals surface area contributed by atoms with Crippen LogP contribution in [0.1, 0.15) is 115 Å². The number of hydrogen-bond donors (Lipinski definition) is 1. The minimum absolute atomic E-state index is 0.0247. The van der Waals surface area contributed by atoms with Gasteiger partial charge < -0.3 is 14.5 Å². The number of benzene rings is 1. The first-order valence-corrected chi connectivity index (χ1v) is 15.7. The minimum Gasteiger partial charge on any atom is -0.496 e. The molecule has 3 heterocycles. The van der Waals surface area contributed by atoms with E-state index in [4.69, 9.17) is 4.74 Å². The maximum Gasteiger partial charge on any atom is 0.700 e. The van der Waals surface area contributed by atoms with Crippen molar-refractivity contribution < 1.29 is 14.0 Å². The summed E-state index contributed by atoms with van der Waals surface area (Å²) >= 11 is 0. The summed E-state index contributed by atoms with van der Waals surface area (Å²) in [6.45, 7) is 15.7. The highest BCUT2D eigenvalue weighted by Crippen LogP contribution is 2.39. The Bertz CT molecular complexity index is 1480. The molecule has 0 spiro atoms. The van der Waals surface area contributed by atoms with Crippen LogP contribution in [0.2, 0.25) is 0 Å². The first-order valence-electron chi connectivity index (χ1n) is 15.7. The molecule has 1 saturated carbocycles. The largest absolute Gasteiger partial charge is 0.700 e. The number of aryl methyl sites for hydroxylation is 1. The molecule has 221 valence electrons. The Morgan fingerprint density at radius 2 is 1.79 bits per heavy atom. The van der Waals surface area contributed by atoms with Crippen molar-refractivity contribution in [2.45, 2.75) is 110 Å². The molecule has 1 aromatic heterocycles. The van der Waals surface area contributed by atoms with Crippen molar-refractivity contribution in [1.29, 1.82) is 0 Å². The molecule has 1 fully saturated rings. The standard InChI is InChI=1S/C36H48BN3O2/c1-24-20-29(15-14-25-21-26(35(2,3)4)22-31(34(25)42-8)36(5,6)7)40-32(24)23-30-17-16-28(39(30)37-40)18-19-33(41)38-27-12-10-9-11-13-27/h14-17,20-23,27H,9-13,18-19H2,1-8H3,(H,38,41)/q+1. The normalized spacial score (nSPS) is 17.5. The fourth-order valence-electron chi connectivity index (χ4n) is 6.32. The SMILES string of the molecule is COc1c(C=CC2=[N+]3[B]n4c(ccc4CCC(=O)NC4CCCCC4)C=C3C(C)=C2)cc(C(C)(C)C)cc1C(C)(C)C. The van der Waals surface area contributed by atoms with Gasteiger partial charge in [-0.25, -0.2) is 0 Å². The third kappa shape index (κ3) is 6.38. The summed E-state index contributed by atoms with van der Waals surface area (Å²) in [5.74, 6) is 1.10. The molecule has 1 aromatic carbocycles. The van der Waals surface area contributed by atoms with Gasteiger partial charge in [0, 0.05) is 58.8 Å². The van der Waals surface area contributed by atoms with E-state index in [-0.39, 0.29) is 16.7 Å². The van der Waals surface area contributed by atoms with Crippen LogP contribution in [-0.2, 0) is 22.0 Å². The summed E-state index contributed by atoms with van der Waals surface area (Å²) in [5.41, 5.74) is 9.43. The molecule has 0 atom stereocenters. The van der Waals surface area contributed by atoms with E-state index in [0.29, 0.717) is 12.5 Å². The molecule has 6 heteroatoms. The summed E-state index contributed by atoms with van der Waals surface area (Å²) in [6, 6.07) is 9.26. The molecule has 0 bridgehead atoms. The second-order valence-electron chi connectivity index (χ2n) is 14.3. The van der Waals surface area contributed by atoms with Gasteiger partial charge in [0.2, 0.25) is 5.91 Å². The van der Waals surface area contributed by atoms with Gasteiger partial charge in [-0.05, 0) is 66.9 Å². The molecule has 1 aliphatic carbocycles. The molecular formula is C36H48BN3O2+. The number of methoxy groups -OCH3 is 1. The first-order chi connectivity index (χ1) is 19.8. The lowest BCUT2D eigenvalue weighted by molar-refractivity contribution is -0.313. The van der Waals surface area contributed by atoms with Gasteiger partial charge in [0.25, 0.3) is 0 Å². The van der Waals surface area contributed by atoms with Crippen LogP contribution in [0.4, 0.5) is 0 Å². The molecular weight excluding hydrogens is 517 g/mol. The number of ether oxygens (including phenoxy) is 1. The van der Waals surface area contributed by atoms with Gasteiger partial charge in [0.05, 0.1) is 7.11 Å². The molecule has 3 aliphatic rings. The zero-order valence-electron chi connectivity index (χ0n) is 26.9. The number of hydrogen-bond acceptors (Lipinski definition) is 2. The van der Waals surface area contributed by atoms with E-state index >= 15 is 0 Å². The quantitative estimate of drug-likeness (QED) is 0.357. The van der Waals surface area contributed by atoms with E-state index in [2.05, 4.69) is 119 Å². The number of fused-ring (bicyclic) bond motifs is 2. The number of carbonyl (C=O) groups excluding carboxylic acids is 1. The molecule has 42 heavy (non-hydrogen) atoms. The van der Waals surface area contributed by atoms with E-state index in [0.717, 1.165) is 47.7 Å². The lowest BCUT2D eigenvalue weighted by atomic mass is 9.79. The summed E-state index contributed by atoms with van der Waals surface area (Å²) in [4.78, 5) is 12.7. The van der Waals surface area contributed by atoms with Crippen molar-refractivity contribution in [1.82, 2.24) is 9.79 Å². The highest BCUT2D eigenvalue weighted by atomic mass is 16.5. The van der Waals surface area contributed by atoms with Crippen molar-refractivity contribution in [2.75, 3.05) is 7.11 Å². The summed E-state index contributed by atoms with van der Waals surface area (Å²) in [6.07, 6.45) is 16.1. The van der Waals surface area contributed by atoms with Crippen LogP contribution >= 0.6 is 0 Å². The third-order valence-electron chi connectivity index (χ3n) is 8.86. The van der Waals surface area contributed by atoms with E-state index in [1.54, 1.807) is 7.11 Å². The molecule has 0 unspecified atom stereocenters.